The van der Waals surface area contributed by atoms with Crippen LogP contribution in [-0.4, -0.2) is 20.4 Å². The molecule has 0 atom stereocenters. The van der Waals surface area contributed by atoms with Crippen LogP contribution in [0.15, 0.2) is 17.0 Å². The van der Waals surface area contributed by atoms with E-state index < -0.39 is 21.7 Å². The molecular formula is C13H17FN2O3S. The van der Waals surface area contributed by atoms with Crippen LogP contribution in [0.25, 0.3) is 0 Å². The van der Waals surface area contributed by atoms with Crippen molar-refractivity contribution in [3.63, 3.8) is 0 Å². The van der Waals surface area contributed by atoms with E-state index in [1.165, 1.54) is 6.92 Å². The summed E-state index contributed by atoms with van der Waals surface area (Å²) in [7, 11) is -4.06. The van der Waals surface area contributed by atoms with Gasteiger partial charge >= 0.3 is 0 Å². The van der Waals surface area contributed by atoms with E-state index in [0.717, 1.165) is 37.8 Å². The molecule has 20 heavy (non-hydrogen) atoms. The van der Waals surface area contributed by atoms with Crippen LogP contribution in [0.5, 0.6) is 0 Å². The van der Waals surface area contributed by atoms with Crippen LogP contribution in [0.2, 0.25) is 0 Å². The standard InChI is InChI=1S/C13H17FN2O3S/c1-8-11(13(17)16-10-4-2-3-5-10)6-9(14)7-12(8)20(15,18)19/h6-7,10H,2-5H2,1H3,(H,16,17)(H2,15,18,19). The molecule has 7 heteroatoms. The second-order valence-electron chi connectivity index (χ2n) is 5.08. The number of benzene rings is 1. The maximum Gasteiger partial charge on any atom is 0.251 e. The number of nitrogens with one attached hydrogen (secondary N) is 1. The first kappa shape index (κ1) is 14.9. The lowest BCUT2D eigenvalue weighted by Crippen LogP contribution is -2.33. The number of halogens is 1. The Morgan fingerprint density at radius 3 is 2.50 bits per heavy atom. The zero-order chi connectivity index (χ0) is 14.9. The Morgan fingerprint density at radius 2 is 1.95 bits per heavy atom. The van der Waals surface area contributed by atoms with Crippen molar-refractivity contribution < 1.29 is 17.6 Å². The van der Waals surface area contributed by atoms with Gasteiger partial charge in [-0.3, -0.25) is 4.79 Å². The molecule has 3 N–H and O–H groups in total. The summed E-state index contributed by atoms with van der Waals surface area (Å²) in [6.07, 6.45) is 3.88. The normalized spacial score (nSPS) is 16.4. The van der Waals surface area contributed by atoms with Crippen LogP contribution < -0.4 is 10.5 Å². The number of rotatable bonds is 3. The molecule has 0 radical (unpaired) electrons. The Bertz CT molecular complexity index is 637. The Hall–Kier alpha value is -1.47. The topological polar surface area (TPSA) is 89.3 Å². The van der Waals surface area contributed by atoms with Crippen LogP contribution in [0.1, 0.15) is 41.6 Å². The third kappa shape index (κ3) is 3.16. The van der Waals surface area contributed by atoms with Gasteiger partial charge in [-0.1, -0.05) is 12.8 Å². The second kappa shape index (κ2) is 5.49. The summed E-state index contributed by atoms with van der Waals surface area (Å²) in [5, 5.41) is 7.83. The fourth-order valence-electron chi connectivity index (χ4n) is 2.52. The molecule has 1 aromatic carbocycles. The molecule has 110 valence electrons. The van der Waals surface area contributed by atoms with Crippen LogP contribution in [0.4, 0.5) is 4.39 Å². The molecule has 2 rings (SSSR count). The third-order valence-corrected chi connectivity index (χ3v) is 4.60. The summed E-state index contributed by atoms with van der Waals surface area (Å²) in [4.78, 5) is 11.8. The molecule has 1 fully saturated rings. The summed E-state index contributed by atoms with van der Waals surface area (Å²) in [5.74, 6) is -1.25. The lowest BCUT2D eigenvalue weighted by Gasteiger charge is -2.14. The minimum atomic E-state index is -4.06. The first-order valence-electron chi connectivity index (χ1n) is 6.43. The monoisotopic (exact) mass is 300 g/mol. The average Bonchev–Trinajstić information content (AvgIpc) is 2.83. The van der Waals surface area contributed by atoms with Crippen LogP contribution in [-0.2, 0) is 10.0 Å². The minimum absolute atomic E-state index is 0.0147. The first-order chi connectivity index (χ1) is 9.29. The molecular weight excluding hydrogens is 283 g/mol. The Balaban J connectivity index is 2.36. The summed E-state index contributed by atoms with van der Waals surface area (Å²) in [5.41, 5.74) is 0.185. The zero-order valence-electron chi connectivity index (χ0n) is 11.1. The number of carbonyl (C=O) groups is 1. The van der Waals surface area contributed by atoms with Crippen molar-refractivity contribution >= 4 is 15.9 Å². The van der Waals surface area contributed by atoms with E-state index in [1.807, 2.05) is 0 Å². The fraction of sp³-hybridized carbons (Fsp3) is 0.462. The summed E-state index contributed by atoms with van der Waals surface area (Å²) < 4.78 is 36.3. The van der Waals surface area contributed by atoms with E-state index in [4.69, 9.17) is 5.14 Å². The summed E-state index contributed by atoms with van der Waals surface area (Å²) in [6, 6.07) is 1.94. The van der Waals surface area contributed by atoms with Crippen LogP contribution >= 0.6 is 0 Å². The quantitative estimate of drug-likeness (QED) is 0.885. The van der Waals surface area contributed by atoms with Gasteiger partial charge in [0.25, 0.3) is 5.91 Å². The fourth-order valence-corrected chi connectivity index (χ4v) is 3.33. The highest BCUT2D eigenvalue weighted by molar-refractivity contribution is 7.89. The summed E-state index contributed by atoms with van der Waals surface area (Å²) in [6.45, 7) is 1.45. The van der Waals surface area contributed by atoms with E-state index in [0.29, 0.717) is 0 Å². The van der Waals surface area contributed by atoms with Gasteiger partial charge in [0.05, 0.1) is 4.90 Å². The van der Waals surface area contributed by atoms with Crippen molar-refractivity contribution in [2.24, 2.45) is 5.14 Å². The van der Waals surface area contributed by atoms with Gasteiger partial charge in [0.15, 0.2) is 0 Å². The molecule has 0 spiro atoms. The van der Waals surface area contributed by atoms with Crippen molar-refractivity contribution in [3.8, 4) is 0 Å². The minimum Gasteiger partial charge on any atom is -0.349 e. The molecule has 1 aromatic rings. The second-order valence-corrected chi connectivity index (χ2v) is 6.61. The largest absolute Gasteiger partial charge is 0.349 e. The SMILES string of the molecule is Cc1c(C(=O)NC2CCCC2)cc(F)cc1S(N)(=O)=O. The Kier molecular flexibility index (Phi) is 4.10. The van der Waals surface area contributed by atoms with Crippen molar-refractivity contribution in [2.75, 3.05) is 0 Å². The van der Waals surface area contributed by atoms with E-state index in [2.05, 4.69) is 5.32 Å². The molecule has 0 saturated heterocycles. The van der Waals surface area contributed by atoms with E-state index in [1.54, 1.807) is 0 Å². The van der Waals surface area contributed by atoms with Gasteiger partial charge in [0, 0.05) is 11.6 Å². The molecule has 0 aliphatic heterocycles. The third-order valence-electron chi connectivity index (χ3n) is 3.57. The molecule has 1 aliphatic carbocycles. The zero-order valence-corrected chi connectivity index (χ0v) is 12.0. The smallest absolute Gasteiger partial charge is 0.251 e. The highest BCUT2D eigenvalue weighted by atomic mass is 32.2. The van der Waals surface area contributed by atoms with Gasteiger partial charge in [0.1, 0.15) is 5.82 Å². The molecule has 1 aliphatic rings. The number of sulfonamides is 1. The summed E-state index contributed by atoms with van der Waals surface area (Å²) >= 11 is 0. The Morgan fingerprint density at radius 1 is 1.35 bits per heavy atom. The Labute approximate surface area is 117 Å². The molecule has 0 heterocycles. The molecule has 5 nitrogen and oxygen atoms in total. The van der Waals surface area contributed by atoms with Gasteiger partial charge in [-0.2, -0.15) is 0 Å². The van der Waals surface area contributed by atoms with E-state index >= 15 is 0 Å². The maximum absolute atomic E-state index is 13.5. The van der Waals surface area contributed by atoms with Crippen molar-refractivity contribution in [1.29, 1.82) is 0 Å². The van der Waals surface area contributed by atoms with Crippen LogP contribution in [0.3, 0.4) is 0 Å². The highest BCUT2D eigenvalue weighted by Gasteiger charge is 2.23. The van der Waals surface area contributed by atoms with Gasteiger partial charge in [0.2, 0.25) is 10.0 Å². The van der Waals surface area contributed by atoms with Crippen molar-refractivity contribution in [3.05, 3.63) is 29.1 Å². The van der Waals surface area contributed by atoms with Crippen LogP contribution in [0, 0.1) is 12.7 Å². The average molecular weight is 300 g/mol. The molecule has 0 aromatic heterocycles. The van der Waals surface area contributed by atoms with Crippen molar-refractivity contribution in [1.82, 2.24) is 5.32 Å². The lowest BCUT2D eigenvalue weighted by atomic mass is 10.1. The molecule has 0 bridgehead atoms. The number of hydrogen-bond acceptors (Lipinski definition) is 3. The van der Waals surface area contributed by atoms with E-state index in [9.17, 15) is 17.6 Å². The highest BCUT2D eigenvalue weighted by Crippen LogP contribution is 2.22. The molecule has 1 amide bonds. The predicted octanol–water partition coefficient (Wildman–Crippen LogP) is 1.45. The predicted molar refractivity (Wildman–Crippen MR) is 72.2 cm³/mol. The number of hydrogen-bond donors (Lipinski definition) is 2. The number of primary sulfonamides is 1. The molecule has 0 unspecified atom stereocenters. The van der Waals surface area contributed by atoms with Gasteiger partial charge in [-0.05, 0) is 37.5 Å². The lowest BCUT2D eigenvalue weighted by molar-refractivity contribution is 0.0936. The van der Waals surface area contributed by atoms with Gasteiger partial charge in [-0.15, -0.1) is 0 Å². The van der Waals surface area contributed by atoms with Crippen molar-refractivity contribution in [2.45, 2.75) is 43.5 Å². The number of nitrogens with two attached hydrogens (primary N) is 1. The van der Waals surface area contributed by atoms with Gasteiger partial charge < -0.3 is 5.32 Å². The van der Waals surface area contributed by atoms with E-state index in [-0.39, 0.29) is 22.1 Å². The maximum atomic E-state index is 13.5. The number of amides is 1. The molecule has 1 saturated carbocycles. The first-order valence-corrected chi connectivity index (χ1v) is 7.97. The van der Waals surface area contributed by atoms with Gasteiger partial charge in [-0.25, -0.2) is 17.9 Å². The number of carbonyl (C=O) groups excluding carboxylic acids is 1.